The molecule has 21 heavy (non-hydrogen) atoms. The SMILES string of the molecule is Cc1ccc(CC(C)NS(=O)(=O)c2ccc(Br)cc2Br)s1. The number of hydrogen-bond acceptors (Lipinski definition) is 3. The van der Waals surface area contributed by atoms with E-state index < -0.39 is 10.0 Å². The van der Waals surface area contributed by atoms with Gasteiger partial charge >= 0.3 is 0 Å². The molecule has 2 rings (SSSR count). The fourth-order valence-corrected chi connectivity index (χ4v) is 5.97. The maximum absolute atomic E-state index is 12.4. The minimum absolute atomic E-state index is 0.163. The standard InChI is InChI=1S/C14H15Br2NO2S2/c1-9(7-12-5-3-10(2)20-12)17-21(18,19)14-6-4-11(15)8-13(14)16/h3-6,8-9,17H,7H2,1-2H3. The van der Waals surface area contributed by atoms with Crippen LogP contribution in [-0.2, 0) is 16.4 Å². The molecule has 0 amide bonds. The number of hydrogen-bond donors (Lipinski definition) is 1. The Balaban J connectivity index is 2.13. The van der Waals surface area contributed by atoms with Crippen LogP contribution in [0.1, 0.15) is 16.7 Å². The number of nitrogens with one attached hydrogen (secondary N) is 1. The summed E-state index contributed by atoms with van der Waals surface area (Å²) in [5, 5.41) is 0. The molecule has 1 aromatic carbocycles. The highest BCUT2D eigenvalue weighted by Crippen LogP contribution is 2.26. The summed E-state index contributed by atoms with van der Waals surface area (Å²) in [5.41, 5.74) is 0. The summed E-state index contributed by atoms with van der Waals surface area (Å²) in [6.07, 6.45) is 0.686. The lowest BCUT2D eigenvalue weighted by Gasteiger charge is -2.14. The monoisotopic (exact) mass is 451 g/mol. The molecule has 0 aliphatic heterocycles. The van der Waals surface area contributed by atoms with Crippen molar-refractivity contribution in [2.75, 3.05) is 0 Å². The Labute approximate surface area is 146 Å². The van der Waals surface area contributed by atoms with Crippen molar-refractivity contribution in [1.82, 2.24) is 4.72 Å². The zero-order chi connectivity index (χ0) is 15.6. The second-order valence-corrected chi connectivity index (χ2v) is 9.64. The van der Waals surface area contributed by atoms with Gasteiger partial charge in [0.05, 0.1) is 4.90 Å². The van der Waals surface area contributed by atoms with Crippen molar-refractivity contribution in [2.24, 2.45) is 0 Å². The van der Waals surface area contributed by atoms with E-state index in [1.165, 1.54) is 9.75 Å². The molecule has 0 radical (unpaired) electrons. The molecule has 0 fully saturated rings. The third-order valence-corrected chi connectivity index (χ3v) is 6.93. The molecule has 0 saturated carbocycles. The first kappa shape index (κ1) is 17.1. The summed E-state index contributed by atoms with van der Waals surface area (Å²) < 4.78 is 28.9. The zero-order valence-electron chi connectivity index (χ0n) is 11.6. The van der Waals surface area contributed by atoms with Crippen molar-refractivity contribution in [3.8, 4) is 0 Å². The predicted molar refractivity (Wildman–Crippen MR) is 94.4 cm³/mol. The summed E-state index contributed by atoms with van der Waals surface area (Å²) in [6, 6.07) is 8.95. The number of aryl methyl sites for hydroxylation is 1. The van der Waals surface area contributed by atoms with Gasteiger partial charge in [-0.3, -0.25) is 0 Å². The topological polar surface area (TPSA) is 46.2 Å². The van der Waals surface area contributed by atoms with Crippen molar-refractivity contribution in [2.45, 2.75) is 31.2 Å². The van der Waals surface area contributed by atoms with E-state index in [9.17, 15) is 8.42 Å². The smallest absolute Gasteiger partial charge is 0.208 e. The third kappa shape index (κ3) is 4.63. The molecule has 3 nitrogen and oxygen atoms in total. The molecule has 0 saturated heterocycles. The Morgan fingerprint density at radius 2 is 1.95 bits per heavy atom. The molecule has 1 unspecified atom stereocenters. The van der Waals surface area contributed by atoms with E-state index in [4.69, 9.17) is 0 Å². The van der Waals surface area contributed by atoms with E-state index in [0.717, 1.165) is 4.47 Å². The molecule has 1 N–H and O–H groups in total. The molecule has 1 atom stereocenters. The van der Waals surface area contributed by atoms with Gasteiger partial charge in [-0.25, -0.2) is 13.1 Å². The molecule has 114 valence electrons. The van der Waals surface area contributed by atoms with Crippen molar-refractivity contribution in [1.29, 1.82) is 0 Å². The van der Waals surface area contributed by atoms with Crippen LogP contribution in [0.4, 0.5) is 0 Å². The van der Waals surface area contributed by atoms with E-state index in [1.54, 1.807) is 29.5 Å². The molecule has 0 aliphatic rings. The molecule has 0 aliphatic carbocycles. The van der Waals surface area contributed by atoms with Gasteiger partial charge in [-0.15, -0.1) is 11.3 Å². The Morgan fingerprint density at radius 1 is 1.24 bits per heavy atom. The summed E-state index contributed by atoms with van der Waals surface area (Å²) in [5.74, 6) is 0. The summed E-state index contributed by atoms with van der Waals surface area (Å²) in [4.78, 5) is 2.66. The summed E-state index contributed by atoms with van der Waals surface area (Å²) >= 11 is 8.31. The average molecular weight is 453 g/mol. The first-order chi connectivity index (χ1) is 9.78. The third-order valence-electron chi connectivity index (χ3n) is 2.84. The number of sulfonamides is 1. The predicted octanol–water partition coefficient (Wildman–Crippen LogP) is 4.49. The normalized spacial score (nSPS) is 13.3. The summed E-state index contributed by atoms with van der Waals surface area (Å²) in [6.45, 7) is 3.92. The molecule has 0 bridgehead atoms. The van der Waals surface area contributed by atoms with Crippen molar-refractivity contribution < 1.29 is 8.42 Å². The van der Waals surface area contributed by atoms with Crippen LogP contribution < -0.4 is 4.72 Å². The molecule has 1 heterocycles. The maximum atomic E-state index is 12.4. The van der Waals surface area contributed by atoms with Crippen LogP contribution in [0.5, 0.6) is 0 Å². The highest BCUT2D eigenvalue weighted by molar-refractivity contribution is 9.11. The second-order valence-electron chi connectivity index (χ2n) is 4.81. The van der Waals surface area contributed by atoms with Gasteiger partial charge in [-0.2, -0.15) is 0 Å². The highest BCUT2D eigenvalue weighted by atomic mass is 79.9. The Hall–Kier alpha value is -0.210. The van der Waals surface area contributed by atoms with E-state index >= 15 is 0 Å². The van der Waals surface area contributed by atoms with Gasteiger partial charge < -0.3 is 0 Å². The van der Waals surface area contributed by atoms with Gasteiger partial charge in [0.1, 0.15) is 0 Å². The first-order valence-corrected chi connectivity index (χ1v) is 10.2. The zero-order valence-corrected chi connectivity index (χ0v) is 16.4. The maximum Gasteiger partial charge on any atom is 0.241 e. The van der Waals surface area contributed by atoms with E-state index in [0.29, 0.717) is 10.9 Å². The van der Waals surface area contributed by atoms with Gasteiger partial charge in [-0.1, -0.05) is 15.9 Å². The van der Waals surface area contributed by atoms with Gasteiger partial charge in [0.15, 0.2) is 0 Å². The van der Waals surface area contributed by atoms with Crippen molar-refractivity contribution in [3.63, 3.8) is 0 Å². The molecule has 7 heteroatoms. The largest absolute Gasteiger partial charge is 0.241 e. The van der Waals surface area contributed by atoms with Crippen LogP contribution in [0.15, 0.2) is 44.2 Å². The first-order valence-electron chi connectivity index (χ1n) is 6.30. The lowest BCUT2D eigenvalue weighted by Crippen LogP contribution is -2.34. The van der Waals surface area contributed by atoms with Crippen LogP contribution in [0.3, 0.4) is 0 Å². The van der Waals surface area contributed by atoms with Gasteiger partial charge in [-0.05, 0) is 66.5 Å². The number of halogens is 2. The Morgan fingerprint density at radius 3 is 2.52 bits per heavy atom. The van der Waals surface area contributed by atoms with Crippen LogP contribution in [0.2, 0.25) is 0 Å². The minimum Gasteiger partial charge on any atom is -0.208 e. The Kier molecular flexibility index (Phi) is 5.65. The number of thiophene rings is 1. The molecule has 0 spiro atoms. The van der Waals surface area contributed by atoms with E-state index in [2.05, 4.69) is 36.6 Å². The van der Waals surface area contributed by atoms with Crippen LogP contribution >= 0.6 is 43.2 Å². The fourth-order valence-electron chi connectivity index (χ4n) is 1.96. The van der Waals surface area contributed by atoms with Crippen molar-refractivity contribution in [3.05, 3.63) is 49.0 Å². The van der Waals surface area contributed by atoms with Gasteiger partial charge in [0.25, 0.3) is 0 Å². The molecular weight excluding hydrogens is 438 g/mol. The van der Waals surface area contributed by atoms with Gasteiger partial charge in [0, 0.05) is 24.7 Å². The van der Waals surface area contributed by atoms with Crippen molar-refractivity contribution >= 4 is 53.2 Å². The van der Waals surface area contributed by atoms with Crippen LogP contribution in [0.25, 0.3) is 0 Å². The lowest BCUT2D eigenvalue weighted by atomic mass is 10.2. The molecule has 1 aromatic heterocycles. The van der Waals surface area contributed by atoms with E-state index in [-0.39, 0.29) is 10.9 Å². The van der Waals surface area contributed by atoms with E-state index in [1.807, 2.05) is 26.0 Å². The van der Waals surface area contributed by atoms with Crippen LogP contribution in [-0.4, -0.2) is 14.5 Å². The number of rotatable bonds is 5. The lowest BCUT2D eigenvalue weighted by molar-refractivity contribution is 0.560. The number of benzene rings is 1. The highest BCUT2D eigenvalue weighted by Gasteiger charge is 2.20. The van der Waals surface area contributed by atoms with Crippen LogP contribution in [0, 0.1) is 6.92 Å². The second kappa shape index (κ2) is 6.91. The average Bonchev–Trinajstić information content (AvgIpc) is 2.72. The molecular formula is C14H15Br2NO2S2. The Bertz CT molecular complexity index is 741. The molecule has 2 aromatic rings. The minimum atomic E-state index is -3.53. The fraction of sp³-hybridized carbons (Fsp3) is 0.286. The quantitative estimate of drug-likeness (QED) is 0.726. The summed E-state index contributed by atoms with van der Waals surface area (Å²) in [7, 11) is -3.53. The van der Waals surface area contributed by atoms with Gasteiger partial charge in [0.2, 0.25) is 10.0 Å².